The van der Waals surface area contributed by atoms with Crippen LogP contribution in [0.3, 0.4) is 0 Å². The number of hydrogen-bond acceptors (Lipinski definition) is 5. The molecule has 2 atom stereocenters. The van der Waals surface area contributed by atoms with Crippen LogP contribution in [-0.4, -0.2) is 34.7 Å². The smallest absolute Gasteiger partial charge is 0.237 e. The number of nitrogens with one attached hydrogen (secondary N) is 2. The Kier molecular flexibility index (Phi) is 4.23. The number of carbonyl (C=O) groups excluding carboxylic acids is 1. The van der Waals surface area contributed by atoms with Crippen LogP contribution in [0.25, 0.3) is 0 Å². The SMILES string of the molecule is CC(C)(C)c1csc(CNC(=O)[C@@H]2C[C@@H](O)CN2)n1. The number of aliphatic hydroxyl groups is 1. The van der Waals surface area contributed by atoms with Crippen molar-refractivity contribution in [2.45, 2.75) is 51.3 Å². The van der Waals surface area contributed by atoms with E-state index in [4.69, 9.17) is 0 Å². The van der Waals surface area contributed by atoms with Gasteiger partial charge in [-0.1, -0.05) is 20.8 Å². The van der Waals surface area contributed by atoms with Crippen LogP contribution in [0, 0.1) is 0 Å². The van der Waals surface area contributed by atoms with E-state index in [1.807, 2.05) is 5.38 Å². The monoisotopic (exact) mass is 283 g/mol. The van der Waals surface area contributed by atoms with Crippen molar-refractivity contribution < 1.29 is 9.90 Å². The van der Waals surface area contributed by atoms with Crippen molar-refractivity contribution in [1.82, 2.24) is 15.6 Å². The summed E-state index contributed by atoms with van der Waals surface area (Å²) in [6.07, 6.45) is 0.0693. The summed E-state index contributed by atoms with van der Waals surface area (Å²) in [4.78, 5) is 16.4. The van der Waals surface area contributed by atoms with Crippen molar-refractivity contribution in [2.24, 2.45) is 0 Å². The molecule has 19 heavy (non-hydrogen) atoms. The summed E-state index contributed by atoms with van der Waals surface area (Å²) < 4.78 is 0. The number of amides is 1. The molecule has 106 valence electrons. The largest absolute Gasteiger partial charge is 0.392 e. The molecule has 0 aliphatic carbocycles. The molecule has 5 nitrogen and oxygen atoms in total. The summed E-state index contributed by atoms with van der Waals surface area (Å²) in [6.45, 7) is 7.30. The standard InChI is InChI=1S/C13H21N3O2S/c1-13(2,3)10-7-19-11(16-10)6-15-12(18)9-4-8(17)5-14-9/h7-9,14,17H,4-6H2,1-3H3,(H,15,18)/t8-,9+/m1/s1. The summed E-state index contributed by atoms with van der Waals surface area (Å²) in [5, 5.41) is 18.2. The third kappa shape index (κ3) is 3.75. The van der Waals surface area contributed by atoms with E-state index in [1.54, 1.807) is 11.3 Å². The molecule has 1 amide bonds. The van der Waals surface area contributed by atoms with Gasteiger partial charge in [0.15, 0.2) is 0 Å². The summed E-state index contributed by atoms with van der Waals surface area (Å²) in [7, 11) is 0. The average Bonchev–Trinajstić information content (AvgIpc) is 2.93. The molecule has 1 aromatic heterocycles. The minimum absolute atomic E-state index is 0.0376. The minimum Gasteiger partial charge on any atom is -0.392 e. The van der Waals surface area contributed by atoms with Crippen molar-refractivity contribution in [2.75, 3.05) is 6.54 Å². The van der Waals surface area contributed by atoms with Crippen LogP contribution in [0.4, 0.5) is 0 Å². The molecular weight excluding hydrogens is 262 g/mol. The Morgan fingerprint density at radius 2 is 2.37 bits per heavy atom. The Bertz CT molecular complexity index is 453. The normalized spacial score (nSPS) is 23.6. The zero-order chi connectivity index (χ0) is 14.0. The van der Waals surface area contributed by atoms with Crippen LogP contribution in [0.15, 0.2) is 5.38 Å². The second-order valence-electron chi connectivity index (χ2n) is 5.94. The highest BCUT2D eigenvalue weighted by Gasteiger charge is 2.27. The Balaban J connectivity index is 1.85. The van der Waals surface area contributed by atoms with Gasteiger partial charge in [-0.3, -0.25) is 4.79 Å². The molecule has 0 saturated carbocycles. The van der Waals surface area contributed by atoms with Gasteiger partial charge in [0.05, 0.1) is 24.4 Å². The van der Waals surface area contributed by atoms with Crippen molar-refractivity contribution in [3.05, 3.63) is 16.1 Å². The van der Waals surface area contributed by atoms with Gasteiger partial charge < -0.3 is 15.7 Å². The first kappa shape index (κ1) is 14.4. The molecule has 2 heterocycles. The van der Waals surface area contributed by atoms with Gasteiger partial charge in [-0.2, -0.15) is 0 Å². The van der Waals surface area contributed by atoms with Crippen molar-refractivity contribution in [3.63, 3.8) is 0 Å². The molecule has 3 N–H and O–H groups in total. The summed E-state index contributed by atoms with van der Waals surface area (Å²) >= 11 is 1.57. The molecule has 0 spiro atoms. The second kappa shape index (κ2) is 5.56. The van der Waals surface area contributed by atoms with Gasteiger partial charge in [-0.15, -0.1) is 11.3 Å². The highest BCUT2D eigenvalue weighted by Crippen LogP contribution is 2.23. The first-order valence-electron chi connectivity index (χ1n) is 6.50. The van der Waals surface area contributed by atoms with Crippen LogP contribution < -0.4 is 10.6 Å². The van der Waals surface area contributed by atoms with Crippen LogP contribution in [0.1, 0.15) is 37.9 Å². The number of β-amino-alcohol motifs (C(OH)–C–C–N with tert-alkyl or cyclic N) is 1. The van der Waals surface area contributed by atoms with Gasteiger partial charge >= 0.3 is 0 Å². The van der Waals surface area contributed by atoms with E-state index in [0.717, 1.165) is 10.7 Å². The molecule has 0 aromatic carbocycles. The van der Waals surface area contributed by atoms with Gasteiger partial charge in [0, 0.05) is 17.3 Å². The lowest BCUT2D eigenvalue weighted by atomic mass is 9.93. The fourth-order valence-electron chi connectivity index (χ4n) is 1.94. The topological polar surface area (TPSA) is 74.2 Å². The quantitative estimate of drug-likeness (QED) is 0.766. The highest BCUT2D eigenvalue weighted by molar-refractivity contribution is 7.09. The van der Waals surface area contributed by atoms with E-state index < -0.39 is 6.10 Å². The molecule has 1 aromatic rings. The number of aliphatic hydroxyl groups excluding tert-OH is 1. The molecule has 2 rings (SSSR count). The maximum atomic E-state index is 11.9. The van der Waals surface area contributed by atoms with Gasteiger partial charge in [0.25, 0.3) is 0 Å². The molecule has 0 bridgehead atoms. The molecular formula is C13H21N3O2S. The number of carbonyl (C=O) groups is 1. The molecule has 6 heteroatoms. The van der Waals surface area contributed by atoms with Crippen LogP contribution in [0.2, 0.25) is 0 Å². The molecule has 1 aliphatic rings. The first-order valence-corrected chi connectivity index (χ1v) is 7.38. The number of hydrogen-bond donors (Lipinski definition) is 3. The maximum Gasteiger partial charge on any atom is 0.237 e. The Labute approximate surface area is 117 Å². The number of nitrogens with zero attached hydrogens (tertiary/aromatic N) is 1. The van der Waals surface area contributed by atoms with E-state index in [9.17, 15) is 9.90 Å². The lowest BCUT2D eigenvalue weighted by Crippen LogP contribution is -2.40. The van der Waals surface area contributed by atoms with Crippen LogP contribution >= 0.6 is 11.3 Å². The van der Waals surface area contributed by atoms with E-state index in [2.05, 4.69) is 36.4 Å². The zero-order valence-corrected chi connectivity index (χ0v) is 12.4. The molecule has 1 aliphatic heterocycles. The minimum atomic E-state index is -0.414. The third-order valence-electron chi connectivity index (χ3n) is 3.16. The summed E-state index contributed by atoms with van der Waals surface area (Å²) in [5.74, 6) is -0.0657. The van der Waals surface area contributed by atoms with Crippen molar-refractivity contribution in [3.8, 4) is 0 Å². The molecule has 1 fully saturated rings. The third-order valence-corrected chi connectivity index (χ3v) is 4.01. The molecule has 0 unspecified atom stereocenters. The highest BCUT2D eigenvalue weighted by atomic mass is 32.1. The summed E-state index contributed by atoms with van der Waals surface area (Å²) in [6, 6.07) is -0.281. The average molecular weight is 283 g/mol. The first-order chi connectivity index (χ1) is 8.86. The van der Waals surface area contributed by atoms with E-state index >= 15 is 0 Å². The Hall–Kier alpha value is -0.980. The predicted molar refractivity (Wildman–Crippen MR) is 75.1 cm³/mol. The van der Waals surface area contributed by atoms with Gasteiger partial charge in [0.1, 0.15) is 5.01 Å². The molecule has 1 saturated heterocycles. The van der Waals surface area contributed by atoms with Gasteiger partial charge in [-0.05, 0) is 6.42 Å². The zero-order valence-electron chi connectivity index (χ0n) is 11.6. The predicted octanol–water partition coefficient (Wildman–Crippen LogP) is 0.780. The van der Waals surface area contributed by atoms with Gasteiger partial charge in [0.2, 0.25) is 5.91 Å². The number of thiazole rings is 1. The van der Waals surface area contributed by atoms with Gasteiger partial charge in [-0.25, -0.2) is 4.98 Å². The maximum absolute atomic E-state index is 11.9. The number of aromatic nitrogens is 1. The fourth-order valence-corrected chi connectivity index (χ4v) is 2.90. The Morgan fingerprint density at radius 3 is 2.89 bits per heavy atom. The van der Waals surface area contributed by atoms with Crippen LogP contribution in [-0.2, 0) is 16.8 Å². The lowest BCUT2D eigenvalue weighted by molar-refractivity contribution is -0.123. The second-order valence-corrected chi connectivity index (χ2v) is 6.89. The lowest BCUT2D eigenvalue weighted by Gasteiger charge is -2.14. The van der Waals surface area contributed by atoms with Crippen molar-refractivity contribution >= 4 is 17.2 Å². The summed E-state index contributed by atoms with van der Waals surface area (Å²) in [5.41, 5.74) is 1.09. The van der Waals surface area contributed by atoms with E-state index in [-0.39, 0.29) is 17.4 Å². The Morgan fingerprint density at radius 1 is 1.63 bits per heavy atom. The van der Waals surface area contributed by atoms with Crippen molar-refractivity contribution in [1.29, 1.82) is 0 Å². The molecule has 0 radical (unpaired) electrons. The fraction of sp³-hybridized carbons (Fsp3) is 0.692. The van der Waals surface area contributed by atoms with E-state index in [0.29, 0.717) is 19.5 Å². The van der Waals surface area contributed by atoms with Crippen LogP contribution in [0.5, 0.6) is 0 Å². The number of rotatable bonds is 3. The van der Waals surface area contributed by atoms with E-state index in [1.165, 1.54) is 0 Å².